The molecule has 106 valence electrons. The summed E-state index contributed by atoms with van der Waals surface area (Å²) in [4.78, 5) is 2.46. The third-order valence-corrected chi connectivity index (χ3v) is 3.92. The van der Waals surface area contributed by atoms with E-state index in [0.717, 1.165) is 37.4 Å². The van der Waals surface area contributed by atoms with Crippen LogP contribution in [0.3, 0.4) is 0 Å². The summed E-state index contributed by atoms with van der Waals surface area (Å²) >= 11 is 0. The van der Waals surface area contributed by atoms with Crippen molar-refractivity contribution in [1.82, 2.24) is 4.90 Å². The van der Waals surface area contributed by atoms with Gasteiger partial charge in [0.15, 0.2) is 0 Å². The van der Waals surface area contributed by atoms with Crippen molar-refractivity contribution in [3.8, 4) is 11.5 Å². The summed E-state index contributed by atoms with van der Waals surface area (Å²) < 4.78 is 10.7. The monoisotopic (exact) mass is 264 g/mol. The maximum Gasteiger partial charge on any atom is 0.123 e. The van der Waals surface area contributed by atoms with E-state index < -0.39 is 0 Å². The van der Waals surface area contributed by atoms with E-state index >= 15 is 0 Å². The van der Waals surface area contributed by atoms with Crippen molar-refractivity contribution in [1.29, 1.82) is 0 Å². The van der Waals surface area contributed by atoms with E-state index in [4.69, 9.17) is 15.2 Å². The van der Waals surface area contributed by atoms with Crippen molar-refractivity contribution in [2.45, 2.75) is 38.4 Å². The van der Waals surface area contributed by atoms with E-state index in [-0.39, 0.29) is 0 Å². The SMILES string of the molecule is COc1ccc(OC)c(CN2CCC(N)CC2C)c1. The van der Waals surface area contributed by atoms with Crippen LogP contribution < -0.4 is 15.2 Å². The Kier molecular flexibility index (Phi) is 4.66. The fourth-order valence-corrected chi connectivity index (χ4v) is 2.72. The second-order valence-corrected chi connectivity index (χ2v) is 5.28. The van der Waals surface area contributed by atoms with Crippen molar-refractivity contribution < 1.29 is 9.47 Å². The van der Waals surface area contributed by atoms with Crippen LogP contribution in [-0.2, 0) is 6.54 Å². The largest absolute Gasteiger partial charge is 0.497 e. The summed E-state index contributed by atoms with van der Waals surface area (Å²) in [6.45, 7) is 4.17. The minimum atomic E-state index is 0.346. The van der Waals surface area contributed by atoms with Crippen LogP contribution in [0.1, 0.15) is 25.3 Å². The fourth-order valence-electron chi connectivity index (χ4n) is 2.72. The van der Waals surface area contributed by atoms with Gasteiger partial charge in [0.2, 0.25) is 0 Å². The van der Waals surface area contributed by atoms with Gasteiger partial charge >= 0.3 is 0 Å². The first-order chi connectivity index (χ1) is 9.13. The third kappa shape index (κ3) is 3.39. The number of piperidine rings is 1. The normalized spacial score (nSPS) is 24.2. The maximum atomic E-state index is 6.01. The molecule has 1 aliphatic heterocycles. The number of likely N-dealkylation sites (tertiary alicyclic amines) is 1. The van der Waals surface area contributed by atoms with Crippen molar-refractivity contribution in [3.05, 3.63) is 23.8 Å². The van der Waals surface area contributed by atoms with Crippen LogP contribution in [-0.4, -0.2) is 37.7 Å². The number of hydrogen-bond donors (Lipinski definition) is 1. The van der Waals surface area contributed by atoms with Crippen LogP contribution in [0.5, 0.6) is 11.5 Å². The van der Waals surface area contributed by atoms with E-state index in [1.54, 1.807) is 14.2 Å². The molecule has 0 radical (unpaired) electrons. The van der Waals surface area contributed by atoms with Crippen molar-refractivity contribution in [2.75, 3.05) is 20.8 Å². The average molecular weight is 264 g/mol. The third-order valence-electron chi connectivity index (χ3n) is 3.92. The molecular weight excluding hydrogens is 240 g/mol. The quantitative estimate of drug-likeness (QED) is 0.904. The lowest BCUT2D eigenvalue weighted by molar-refractivity contribution is 0.138. The lowest BCUT2D eigenvalue weighted by Gasteiger charge is -2.36. The second kappa shape index (κ2) is 6.26. The van der Waals surface area contributed by atoms with Crippen molar-refractivity contribution in [3.63, 3.8) is 0 Å². The number of nitrogens with zero attached hydrogens (tertiary/aromatic N) is 1. The van der Waals surface area contributed by atoms with E-state index in [2.05, 4.69) is 17.9 Å². The minimum Gasteiger partial charge on any atom is -0.497 e. The molecule has 19 heavy (non-hydrogen) atoms. The van der Waals surface area contributed by atoms with Crippen LogP contribution in [0, 0.1) is 0 Å². The molecule has 2 N–H and O–H groups in total. The number of hydrogen-bond acceptors (Lipinski definition) is 4. The molecule has 1 aromatic carbocycles. The van der Waals surface area contributed by atoms with Gasteiger partial charge in [0, 0.05) is 30.7 Å². The zero-order chi connectivity index (χ0) is 13.8. The summed E-state index contributed by atoms with van der Waals surface area (Å²) in [6.07, 6.45) is 2.13. The molecule has 1 aromatic rings. The van der Waals surface area contributed by atoms with E-state index in [9.17, 15) is 0 Å². The molecule has 1 saturated heterocycles. The standard InChI is InChI=1S/C15H24N2O2/c1-11-8-13(16)6-7-17(11)10-12-9-14(18-2)4-5-15(12)19-3/h4-5,9,11,13H,6-8,10,16H2,1-3H3. The average Bonchev–Trinajstić information content (AvgIpc) is 2.41. The molecule has 1 aliphatic rings. The Balaban J connectivity index is 2.13. The van der Waals surface area contributed by atoms with Gasteiger partial charge in [0.05, 0.1) is 14.2 Å². The van der Waals surface area contributed by atoms with Crippen LogP contribution in [0.25, 0.3) is 0 Å². The van der Waals surface area contributed by atoms with Gasteiger partial charge in [-0.2, -0.15) is 0 Å². The molecule has 4 nitrogen and oxygen atoms in total. The molecule has 0 bridgehead atoms. The summed E-state index contributed by atoms with van der Waals surface area (Å²) in [7, 11) is 3.40. The summed E-state index contributed by atoms with van der Waals surface area (Å²) in [6, 6.07) is 6.81. The Morgan fingerprint density at radius 3 is 2.74 bits per heavy atom. The first kappa shape index (κ1) is 14.2. The Morgan fingerprint density at radius 1 is 1.32 bits per heavy atom. The van der Waals surface area contributed by atoms with Gasteiger partial charge in [0.25, 0.3) is 0 Å². The van der Waals surface area contributed by atoms with Gasteiger partial charge < -0.3 is 15.2 Å². The van der Waals surface area contributed by atoms with Gasteiger partial charge in [0.1, 0.15) is 11.5 Å². The van der Waals surface area contributed by atoms with E-state index in [0.29, 0.717) is 12.1 Å². The second-order valence-electron chi connectivity index (χ2n) is 5.28. The molecule has 0 spiro atoms. The highest BCUT2D eigenvalue weighted by Crippen LogP contribution is 2.27. The minimum absolute atomic E-state index is 0.346. The smallest absolute Gasteiger partial charge is 0.123 e. The van der Waals surface area contributed by atoms with Gasteiger partial charge in [-0.05, 0) is 38.0 Å². The molecule has 0 saturated carbocycles. The van der Waals surface area contributed by atoms with Gasteiger partial charge in [-0.1, -0.05) is 0 Å². The summed E-state index contributed by atoms with van der Waals surface area (Å²) in [5, 5.41) is 0. The van der Waals surface area contributed by atoms with Gasteiger partial charge in [-0.25, -0.2) is 0 Å². The van der Waals surface area contributed by atoms with Crippen LogP contribution in [0.15, 0.2) is 18.2 Å². The molecule has 0 amide bonds. The highest BCUT2D eigenvalue weighted by atomic mass is 16.5. The lowest BCUT2D eigenvalue weighted by Crippen LogP contribution is -2.45. The number of methoxy groups -OCH3 is 2. The first-order valence-corrected chi connectivity index (χ1v) is 6.84. The molecule has 0 aromatic heterocycles. The molecule has 1 fully saturated rings. The molecule has 4 heteroatoms. The Bertz CT molecular complexity index is 423. The molecular formula is C15H24N2O2. The van der Waals surface area contributed by atoms with Gasteiger partial charge in [-0.15, -0.1) is 0 Å². The molecule has 1 heterocycles. The van der Waals surface area contributed by atoms with Gasteiger partial charge in [-0.3, -0.25) is 4.90 Å². The van der Waals surface area contributed by atoms with Crippen LogP contribution in [0.2, 0.25) is 0 Å². The maximum absolute atomic E-state index is 6.01. The predicted octanol–water partition coefficient (Wildman–Crippen LogP) is 2.02. The number of benzene rings is 1. The van der Waals surface area contributed by atoms with E-state index in [1.165, 1.54) is 5.56 Å². The number of ether oxygens (including phenoxy) is 2. The van der Waals surface area contributed by atoms with E-state index in [1.807, 2.05) is 12.1 Å². The predicted molar refractivity (Wildman–Crippen MR) is 76.6 cm³/mol. The van der Waals surface area contributed by atoms with Crippen LogP contribution in [0.4, 0.5) is 0 Å². The first-order valence-electron chi connectivity index (χ1n) is 6.84. The topological polar surface area (TPSA) is 47.7 Å². The molecule has 0 aliphatic carbocycles. The Morgan fingerprint density at radius 2 is 2.11 bits per heavy atom. The Labute approximate surface area is 115 Å². The molecule has 2 unspecified atom stereocenters. The van der Waals surface area contributed by atoms with Crippen molar-refractivity contribution in [2.24, 2.45) is 5.73 Å². The van der Waals surface area contributed by atoms with Crippen molar-refractivity contribution >= 4 is 0 Å². The summed E-state index contributed by atoms with van der Waals surface area (Å²) in [5.41, 5.74) is 7.18. The Hall–Kier alpha value is -1.26. The summed E-state index contributed by atoms with van der Waals surface area (Å²) in [5.74, 6) is 1.79. The lowest BCUT2D eigenvalue weighted by atomic mass is 9.98. The molecule has 2 rings (SSSR count). The van der Waals surface area contributed by atoms with Crippen LogP contribution >= 0.6 is 0 Å². The highest BCUT2D eigenvalue weighted by molar-refractivity contribution is 5.40. The highest BCUT2D eigenvalue weighted by Gasteiger charge is 2.24. The zero-order valence-electron chi connectivity index (χ0n) is 12.1. The zero-order valence-corrected chi connectivity index (χ0v) is 12.1. The molecule has 2 atom stereocenters. The number of nitrogens with two attached hydrogens (primary N) is 1. The fraction of sp³-hybridized carbons (Fsp3) is 0.600. The number of rotatable bonds is 4.